The molecule has 1 rings (SSSR count). The summed E-state index contributed by atoms with van der Waals surface area (Å²) in [6.07, 6.45) is 1.58. The van der Waals surface area contributed by atoms with Crippen LogP contribution in [-0.2, 0) is 9.53 Å². The number of likely N-dealkylation sites (N-methyl/N-ethyl adjacent to an activating group) is 1. The lowest BCUT2D eigenvalue weighted by Crippen LogP contribution is -2.58. The average molecular weight is 214 g/mol. The zero-order chi connectivity index (χ0) is 11.3. The minimum Gasteiger partial charge on any atom is -0.382 e. The minimum atomic E-state index is 0.173. The van der Waals surface area contributed by atoms with Crippen molar-refractivity contribution in [3.8, 4) is 0 Å². The maximum atomic E-state index is 11.9. The van der Waals surface area contributed by atoms with Crippen LogP contribution in [0.25, 0.3) is 0 Å². The van der Waals surface area contributed by atoms with Gasteiger partial charge in [0.1, 0.15) is 0 Å². The van der Waals surface area contributed by atoms with Crippen LogP contribution in [0.4, 0.5) is 0 Å². The van der Waals surface area contributed by atoms with Crippen molar-refractivity contribution in [3.05, 3.63) is 0 Å². The topological polar surface area (TPSA) is 41.6 Å². The Bertz CT molecular complexity index is 205. The van der Waals surface area contributed by atoms with Crippen LogP contribution in [0.3, 0.4) is 0 Å². The van der Waals surface area contributed by atoms with Gasteiger partial charge in [-0.2, -0.15) is 0 Å². The molecule has 1 unspecified atom stereocenters. The van der Waals surface area contributed by atoms with Crippen molar-refractivity contribution >= 4 is 5.91 Å². The maximum Gasteiger partial charge on any atom is 0.222 e. The number of amides is 1. The van der Waals surface area contributed by atoms with Crippen LogP contribution in [0.5, 0.6) is 0 Å². The largest absolute Gasteiger partial charge is 0.382 e. The van der Waals surface area contributed by atoms with Crippen LogP contribution >= 0.6 is 0 Å². The summed E-state index contributed by atoms with van der Waals surface area (Å²) in [6, 6.07) is 0.417. The highest BCUT2D eigenvalue weighted by Crippen LogP contribution is 2.09. The molecule has 4 nitrogen and oxygen atoms in total. The molecule has 0 aromatic heterocycles. The summed E-state index contributed by atoms with van der Waals surface area (Å²) < 4.78 is 5.13. The Morgan fingerprint density at radius 3 is 2.67 bits per heavy atom. The van der Waals surface area contributed by atoms with Gasteiger partial charge in [0, 0.05) is 33.2 Å². The van der Waals surface area contributed by atoms with E-state index in [1.165, 1.54) is 0 Å². The van der Waals surface area contributed by atoms with Crippen molar-refractivity contribution in [2.24, 2.45) is 0 Å². The van der Waals surface area contributed by atoms with Gasteiger partial charge >= 0.3 is 0 Å². The normalized spacial score (nSPS) is 18.3. The monoisotopic (exact) mass is 214 g/mol. The number of nitrogens with one attached hydrogen (secondary N) is 1. The quantitative estimate of drug-likeness (QED) is 0.705. The summed E-state index contributed by atoms with van der Waals surface area (Å²) >= 11 is 0. The molecule has 4 heteroatoms. The lowest BCUT2D eigenvalue weighted by atomic mass is 10.1. The van der Waals surface area contributed by atoms with Crippen molar-refractivity contribution in [2.45, 2.75) is 38.8 Å². The summed E-state index contributed by atoms with van der Waals surface area (Å²) in [6.45, 7) is 6.73. The third-order valence-corrected chi connectivity index (χ3v) is 3.03. The van der Waals surface area contributed by atoms with Gasteiger partial charge in [-0.25, -0.2) is 0 Å². The second kappa shape index (κ2) is 6.08. The number of ether oxygens (including phenoxy) is 1. The molecule has 1 fully saturated rings. The molecule has 1 amide bonds. The predicted molar refractivity (Wildman–Crippen MR) is 59.7 cm³/mol. The van der Waals surface area contributed by atoms with Crippen molar-refractivity contribution in [2.75, 3.05) is 26.7 Å². The Hall–Kier alpha value is -0.610. The van der Waals surface area contributed by atoms with Gasteiger partial charge in [-0.3, -0.25) is 4.79 Å². The molecule has 0 aromatic rings. The highest BCUT2D eigenvalue weighted by molar-refractivity contribution is 5.76. The van der Waals surface area contributed by atoms with Crippen LogP contribution in [-0.4, -0.2) is 49.7 Å². The van der Waals surface area contributed by atoms with E-state index in [1.54, 1.807) is 7.11 Å². The van der Waals surface area contributed by atoms with E-state index in [0.29, 0.717) is 12.5 Å². The Labute approximate surface area is 92.0 Å². The first-order chi connectivity index (χ1) is 7.19. The molecule has 0 spiro atoms. The number of nitrogens with zero attached hydrogens (tertiary/aromatic N) is 1. The van der Waals surface area contributed by atoms with Crippen molar-refractivity contribution in [1.82, 2.24) is 10.2 Å². The smallest absolute Gasteiger partial charge is 0.222 e. The fraction of sp³-hybridized carbons (Fsp3) is 0.909. The molecule has 88 valence electrons. The Balaban J connectivity index is 2.29. The molecule has 1 heterocycles. The first kappa shape index (κ1) is 12.5. The molecule has 1 saturated heterocycles. The third-order valence-electron chi connectivity index (χ3n) is 3.03. The highest BCUT2D eigenvalue weighted by atomic mass is 16.5. The third kappa shape index (κ3) is 3.47. The van der Waals surface area contributed by atoms with Crippen molar-refractivity contribution in [3.63, 3.8) is 0 Å². The molecular weight excluding hydrogens is 192 g/mol. The Kier molecular flexibility index (Phi) is 5.05. The minimum absolute atomic E-state index is 0.173. The second-order valence-electron chi connectivity index (χ2n) is 4.08. The molecular formula is C11H22N2O2. The van der Waals surface area contributed by atoms with E-state index in [2.05, 4.69) is 5.32 Å². The van der Waals surface area contributed by atoms with Gasteiger partial charge in [-0.15, -0.1) is 0 Å². The van der Waals surface area contributed by atoms with E-state index < -0.39 is 0 Å². The van der Waals surface area contributed by atoms with Gasteiger partial charge < -0.3 is 15.0 Å². The van der Waals surface area contributed by atoms with E-state index in [0.717, 1.165) is 26.1 Å². The van der Waals surface area contributed by atoms with Gasteiger partial charge in [-0.05, 0) is 20.3 Å². The fourth-order valence-corrected chi connectivity index (χ4v) is 1.72. The van der Waals surface area contributed by atoms with Crippen molar-refractivity contribution in [1.29, 1.82) is 0 Å². The molecule has 0 aliphatic carbocycles. The molecule has 0 radical (unpaired) electrons. The Morgan fingerprint density at radius 1 is 1.60 bits per heavy atom. The number of carbonyl (C=O) groups excluding carboxylic acids is 1. The summed E-state index contributed by atoms with van der Waals surface area (Å²) in [5, 5.41) is 3.19. The zero-order valence-corrected chi connectivity index (χ0v) is 9.95. The second-order valence-corrected chi connectivity index (χ2v) is 4.08. The lowest BCUT2D eigenvalue weighted by Gasteiger charge is -2.37. The summed E-state index contributed by atoms with van der Waals surface area (Å²) in [5.41, 5.74) is 0. The molecule has 0 bridgehead atoms. The average Bonchev–Trinajstić information content (AvgIpc) is 2.18. The molecule has 15 heavy (non-hydrogen) atoms. The van der Waals surface area contributed by atoms with E-state index in [-0.39, 0.29) is 12.0 Å². The number of carbonyl (C=O) groups is 1. The van der Waals surface area contributed by atoms with Crippen LogP contribution in [0.15, 0.2) is 0 Å². The first-order valence-corrected chi connectivity index (χ1v) is 5.72. The Morgan fingerprint density at radius 2 is 2.27 bits per heavy atom. The van der Waals surface area contributed by atoms with Gasteiger partial charge in [-0.1, -0.05) is 0 Å². The number of methoxy groups -OCH3 is 1. The van der Waals surface area contributed by atoms with E-state index >= 15 is 0 Å². The molecule has 1 N–H and O–H groups in total. The van der Waals surface area contributed by atoms with Crippen molar-refractivity contribution < 1.29 is 9.53 Å². The number of hydrogen-bond donors (Lipinski definition) is 1. The molecule has 1 atom stereocenters. The predicted octanol–water partition coefficient (Wildman–Crippen LogP) is 0.622. The highest BCUT2D eigenvalue weighted by Gasteiger charge is 2.26. The summed E-state index contributed by atoms with van der Waals surface area (Å²) in [5.74, 6) is 0.257. The van der Waals surface area contributed by atoms with Gasteiger partial charge in [0.25, 0.3) is 0 Å². The molecule has 1 aliphatic heterocycles. The molecule has 1 aliphatic rings. The van der Waals surface area contributed by atoms with E-state index in [9.17, 15) is 4.79 Å². The maximum absolute atomic E-state index is 11.9. The SMILES string of the molecule is CCN(C(=O)CCC(C)OC)C1CNC1. The van der Waals surface area contributed by atoms with Crippen LogP contribution in [0, 0.1) is 0 Å². The van der Waals surface area contributed by atoms with Crippen LogP contribution < -0.4 is 5.32 Å². The fourth-order valence-electron chi connectivity index (χ4n) is 1.72. The number of rotatable bonds is 6. The van der Waals surface area contributed by atoms with Crippen LogP contribution in [0.1, 0.15) is 26.7 Å². The van der Waals surface area contributed by atoms with E-state index in [1.807, 2.05) is 18.7 Å². The summed E-state index contributed by atoms with van der Waals surface area (Å²) in [4.78, 5) is 13.8. The first-order valence-electron chi connectivity index (χ1n) is 5.72. The molecule has 0 saturated carbocycles. The number of hydrogen-bond acceptors (Lipinski definition) is 3. The van der Waals surface area contributed by atoms with Crippen LogP contribution in [0.2, 0.25) is 0 Å². The van der Waals surface area contributed by atoms with Gasteiger partial charge in [0.05, 0.1) is 12.1 Å². The standard InChI is InChI=1S/C11H22N2O2/c1-4-13(10-7-12-8-10)11(14)6-5-9(2)15-3/h9-10,12H,4-8H2,1-3H3. The van der Waals surface area contributed by atoms with Gasteiger partial charge in [0.2, 0.25) is 5.91 Å². The lowest BCUT2D eigenvalue weighted by molar-refractivity contribution is -0.134. The van der Waals surface area contributed by atoms with Gasteiger partial charge in [0.15, 0.2) is 0 Å². The van der Waals surface area contributed by atoms with E-state index in [4.69, 9.17) is 4.74 Å². The zero-order valence-electron chi connectivity index (χ0n) is 9.95. The summed E-state index contributed by atoms with van der Waals surface area (Å²) in [7, 11) is 1.68. The molecule has 0 aromatic carbocycles.